The molecule has 1 aliphatic rings. The maximum absolute atomic E-state index is 12.4. The maximum atomic E-state index is 12.4. The standard InChI is InChI=1S/C28H24O4/c29-27(23-15-13-22(14-16-23)12-11-21-7-3-1-4-8-21)32-26-19-17-24(18-20-26)28(30)31-25-9-5-2-6-10-25/h1,3-4,7-8,13-20,25H,2,5-6,9-10H2. The van der Waals surface area contributed by atoms with E-state index in [4.69, 9.17) is 9.47 Å². The SMILES string of the molecule is O=C(Oc1ccc(C(=O)OC2CCCCC2)cc1)c1ccc(C#Cc2ccccc2)cc1. The Kier molecular flexibility index (Phi) is 6.99. The highest BCUT2D eigenvalue weighted by molar-refractivity contribution is 5.92. The monoisotopic (exact) mass is 424 g/mol. The van der Waals surface area contributed by atoms with Crippen LogP contribution >= 0.6 is 0 Å². The first-order chi connectivity index (χ1) is 15.7. The third-order valence-corrected chi connectivity index (χ3v) is 5.37. The third kappa shape index (κ3) is 5.86. The van der Waals surface area contributed by atoms with Gasteiger partial charge < -0.3 is 9.47 Å². The molecule has 4 rings (SSSR count). The van der Waals surface area contributed by atoms with Crippen LogP contribution in [0.1, 0.15) is 63.9 Å². The average molecular weight is 424 g/mol. The summed E-state index contributed by atoms with van der Waals surface area (Å²) in [5.41, 5.74) is 2.63. The van der Waals surface area contributed by atoms with Crippen LogP contribution in [0.5, 0.6) is 5.75 Å². The summed E-state index contributed by atoms with van der Waals surface area (Å²) >= 11 is 0. The minimum Gasteiger partial charge on any atom is -0.459 e. The molecule has 0 amide bonds. The van der Waals surface area contributed by atoms with Crippen molar-refractivity contribution in [3.05, 3.63) is 101 Å². The van der Waals surface area contributed by atoms with Crippen molar-refractivity contribution in [1.82, 2.24) is 0 Å². The lowest BCUT2D eigenvalue weighted by molar-refractivity contribution is 0.0211. The molecular formula is C28H24O4. The number of hydrogen-bond donors (Lipinski definition) is 0. The first-order valence-corrected chi connectivity index (χ1v) is 10.9. The molecule has 0 spiro atoms. The van der Waals surface area contributed by atoms with Gasteiger partial charge in [-0.1, -0.05) is 36.5 Å². The van der Waals surface area contributed by atoms with E-state index in [1.807, 2.05) is 30.3 Å². The Balaban J connectivity index is 1.33. The molecule has 1 saturated carbocycles. The van der Waals surface area contributed by atoms with Gasteiger partial charge in [0.2, 0.25) is 0 Å². The zero-order valence-corrected chi connectivity index (χ0v) is 17.8. The van der Waals surface area contributed by atoms with E-state index in [2.05, 4.69) is 11.8 Å². The van der Waals surface area contributed by atoms with Gasteiger partial charge in [-0.3, -0.25) is 0 Å². The number of ether oxygens (including phenoxy) is 2. The smallest absolute Gasteiger partial charge is 0.343 e. The Hall–Kier alpha value is -3.84. The van der Waals surface area contributed by atoms with Crippen molar-refractivity contribution in [2.24, 2.45) is 0 Å². The van der Waals surface area contributed by atoms with Gasteiger partial charge in [0.25, 0.3) is 0 Å². The summed E-state index contributed by atoms with van der Waals surface area (Å²) < 4.78 is 11.0. The minimum absolute atomic E-state index is 0.00843. The predicted octanol–water partition coefficient (Wildman–Crippen LogP) is 5.80. The van der Waals surface area contributed by atoms with E-state index >= 15 is 0 Å². The van der Waals surface area contributed by atoms with E-state index in [0.717, 1.165) is 36.8 Å². The number of rotatable bonds is 4. The second-order valence-electron chi connectivity index (χ2n) is 7.77. The molecule has 0 heterocycles. The van der Waals surface area contributed by atoms with Crippen LogP contribution in [0.2, 0.25) is 0 Å². The lowest BCUT2D eigenvalue weighted by Gasteiger charge is -2.21. The summed E-state index contributed by atoms with van der Waals surface area (Å²) in [6, 6.07) is 23.1. The lowest BCUT2D eigenvalue weighted by Crippen LogP contribution is -2.20. The van der Waals surface area contributed by atoms with Crippen LogP contribution in [-0.4, -0.2) is 18.0 Å². The fraction of sp³-hybridized carbons (Fsp3) is 0.214. The van der Waals surface area contributed by atoms with Crippen molar-refractivity contribution >= 4 is 11.9 Å². The zero-order valence-electron chi connectivity index (χ0n) is 17.8. The van der Waals surface area contributed by atoms with Gasteiger partial charge in [0.15, 0.2) is 0 Å². The highest BCUT2D eigenvalue weighted by Gasteiger charge is 2.19. The highest BCUT2D eigenvalue weighted by atomic mass is 16.5. The molecule has 0 aromatic heterocycles. The summed E-state index contributed by atoms with van der Waals surface area (Å²) in [7, 11) is 0. The molecule has 0 radical (unpaired) electrons. The van der Waals surface area contributed by atoms with Gasteiger partial charge in [-0.2, -0.15) is 0 Å². The third-order valence-electron chi connectivity index (χ3n) is 5.37. The number of benzene rings is 3. The van der Waals surface area contributed by atoms with Crippen LogP contribution in [0.3, 0.4) is 0 Å². The van der Waals surface area contributed by atoms with Gasteiger partial charge in [0, 0.05) is 11.1 Å². The molecule has 0 N–H and O–H groups in total. The Bertz CT molecular complexity index is 1110. The summed E-state index contributed by atoms with van der Waals surface area (Å²) in [6.45, 7) is 0. The molecule has 0 saturated heterocycles. The number of hydrogen-bond acceptors (Lipinski definition) is 4. The van der Waals surface area contributed by atoms with Crippen LogP contribution < -0.4 is 4.74 Å². The predicted molar refractivity (Wildman–Crippen MR) is 123 cm³/mol. The molecule has 3 aromatic rings. The van der Waals surface area contributed by atoms with E-state index in [-0.39, 0.29) is 12.1 Å². The Morgan fingerprint density at radius 2 is 1.22 bits per heavy atom. The van der Waals surface area contributed by atoms with Crippen molar-refractivity contribution in [3.8, 4) is 17.6 Å². The number of carbonyl (C=O) groups excluding carboxylic acids is 2. The molecule has 1 fully saturated rings. The van der Waals surface area contributed by atoms with Gasteiger partial charge in [-0.05, 0) is 86.3 Å². The van der Waals surface area contributed by atoms with E-state index in [1.165, 1.54) is 6.42 Å². The normalized spacial score (nSPS) is 13.5. The van der Waals surface area contributed by atoms with Crippen LogP contribution in [0.4, 0.5) is 0 Å². The van der Waals surface area contributed by atoms with Gasteiger partial charge in [-0.15, -0.1) is 0 Å². The topological polar surface area (TPSA) is 52.6 Å². The van der Waals surface area contributed by atoms with Crippen molar-refractivity contribution in [2.75, 3.05) is 0 Å². The van der Waals surface area contributed by atoms with Gasteiger partial charge in [0.1, 0.15) is 11.9 Å². The second kappa shape index (κ2) is 10.5. The molecule has 1 aliphatic carbocycles. The summed E-state index contributed by atoms with van der Waals surface area (Å²) in [5, 5.41) is 0. The first kappa shape index (κ1) is 21.4. The molecule has 4 heteroatoms. The quantitative estimate of drug-likeness (QED) is 0.302. The molecule has 3 aromatic carbocycles. The van der Waals surface area contributed by atoms with Crippen LogP contribution in [0.15, 0.2) is 78.9 Å². The summed E-state index contributed by atoms with van der Waals surface area (Å²) in [4.78, 5) is 24.7. The van der Waals surface area contributed by atoms with Crippen LogP contribution in [0, 0.1) is 11.8 Å². The minimum atomic E-state index is -0.467. The Morgan fingerprint density at radius 3 is 1.88 bits per heavy atom. The molecular weight excluding hydrogens is 400 g/mol. The zero-order chi connectivity index (χ0) is 22.2. The van der Waals surface area contributed by atoms with E-state index in [0.29, 0.717) is 16.9 Å². The second-order valence-corrected chi connectivity index (χ2v) is 7.77. The first-order valence-electron chi connectivity index (χ1n) is 10.9. The van der Waals surface area contributed by atoms with Gasteiger partial charge >= 0.3 is 11.9 Å². The molecule has 0 atom stereocenters. The van der Waals surface area contributed by atoms with Crippen molar-refractivity contribution in [2.45, 2.75) is 38.2 Å². The summed E-state index contributed by atoms with van der Waals surface area (Å²) in [5.74, 6) is 5.74. The van der Waals surface area contributed by atoms with E-state index in [9.17, 15) is 9.59 Å². The van der Waals surface area contributed by atoms with Crippen molar-refractivity contribution in [1.29, 1.82) is 0 Å². The fourth-order valence-corrected chi connectivity index (χ4v) is 3.58. The lowest BCUT2D eigenvalue weighted by atomic mass is 9.98. The molecule has 4 nitrogen and oxygen atoms in total. The van der Waals surface area contributed by atoms with E-state index in [1.54, 1.807) is 48.5 Å². The van der Waals surface area contributed by atoms with Gasteiger partial charge in [-0.25, -0.2) is 9.59 Å². The number of esters is 2. The molecule has 0 aliphatic heterocycles. The molecule has 32 heavy (non-hydrogen) atoms. The maximum Gasteiger partial charge on any atom is 0.343 e. The fourth-order valence-electron chi connectivity index (χ4n) is 3.58. The largest absolute Gasteiger partial charge is 0.459 e. The van der Waals surface area contributed by atoms with E-state index < -0.39 is 5.97 Å². The Morgan fingerprint density at radius 1 is 0.656 bits per heavy atom. The summed E-state index contributed by atoms with van der Waals surface area (Å²) in [6.07, 6.45) is 5.28. The van der Waals surface area contributed by atoms with Crippen molar-refractivity contribution < 1.29 is 19.1 Å². The van der Waals surface area contributed by atoms with Crippen LogP contribution in [0.25, 0.3) is 0 Å². The number of carbonyl (C=O) groups is 2. The average Bonchev–Trinajstić information content (AvgIpc) is 2.85. The van der Waals surface area contributed by atoms with Crippen LogP contribution in [-0.2, 0) is 4.74 Å². The highest BCUT2D eigenvalue weighted by Crippen LogP contribution is 2.22. The molecule has 0 unspecified atom stereocenters. The molecule has 160 valence electrons. The Labute approximate surface area is 188 Å². The molecule has 0 bridgehead atoms. The van der Waals surface area contributed by atoms with Gasteiger partial charge in [0.05, 0.1) is 11.1 Å². The van der Waals surface area contributed by atoms with Crippen molar-refractivity contribution in [3.63, 3.8) is 0 Å².